The van der Waals surface area contributed by atoms with Crippen LogP contribution < -0.4 is 5.32 Å². The monoisotopic (exact) mass is 311 g/mol. The number of hydrogen-bond acceptors (Lipinski definition) is 2. The fourth-order valence-corrected chi connectivity index (χ4v) is 2.29. The third kappa shape index (κ3) is 6.63. The van der Waals surface area contributed by atoms with Crippen molar-refractivity contribution in [2.45, 2.75) is 39.5 Å². The summed E-state index contributed by atoms with van der Waals surface area (Å²) in [5, 5.41) is 12.1. The van der Waals surface area contributed by atoms with Crippen molar-refractivity contribution in [2.75, 3.05) is 6.54 Å². The summed E-state index contributed by atoms with van der Waals surface area (Å²) in [6, 6.07) is 7.50. The van der Waals surface area contributed by atoms with Gasteiger partial charge in [-0.3, -0.25) is 9.59 Å². The van der Waals surface area contributed by atoms with Crippen LogP contribution in [0.2, 0.25) is 5.02 Å². The molecule has 1 aromatic rings. The molecule has 1 rings (SSSR count). The van der Waals surface area contributed by atoms with Crippen LogP contribution in [0.4, 0.5) is 0 Å². The maximum Gasteiger partial charge on any atom is 0.303 e. The predicted molar refractivity (Wildman–Crippen MR) is 83.4 cm³/mol. The van der Waals surface area contributed by atoms with Crippen LogP contribution >= 0.6 is 11.6 Å². The number of nitrogens with one attached hydrogen (secondary N) is 1. The molecule has 0 fully saturated rings. The maximum atomic E-state index is 12.2. The molecule has 0 atom stereocenters. The quantitative estimate of drug-likeness (QED) is 0.724. The van der Waals surface area contributed by atoms with Crippen molar-refractivity contribution >= 4 is 23.5 Å². The topological polar surface area (TPSA) is 66.4 Å². The minimum Gasteiger partial charge on any atom is -0.481 e. The van der Waals surface area contributed by atoms with E-state index in [0.717, 1.165) is 5.56 Å². The van der Waals surface area contributed by atoms with Crippen LogP contribution in [0, 0.1) is 5.41 Å². The van der Waals surface area contributed by atoms with Crippen molar-refractivity contribution < 1.29 is 14.7 Å². The fourth-order valence-electron chi connectivity index (χ4n) is 2.08. The van der Waals surface area contributed by atoms with Gasteiger partial charge in [-0.05, 0) is 37.0 Å². The molecule has 0 saturated carbocycles. The summed E-state index contributed by atoms with van der Waals surface area (Å²) < 4.78 is 0. The number of hydrogen-bond donors (Lipinski definition) is 2. The molecule has 0 heterocycles. The van der Waals surface area contributed by atoms with Gasteiger partial charge in [0.1, 0.15) is 0 Å². The van der Waals surface area contributed by atoms with E-state index in [1.807, 2.05) is 32.0 Å². The summed E-state index contributed by atoms with van der Waals surface area (Å²) in [6.07, 6.45) is 1.99. The van der Waals surface area contributed by atoms with Gasteiger partial charge >= 0.3 is 5.97 Å². The number of rotatable bonds is 8. The van der Waals surface area contributed by atoms with Crippen molar-refractivity contribution in [3.63, 3.8) is 0 Å². The zero-order valence-electron chi connectivity index (χ0n) is 12.5. The molecule has 1 amide bonds. The third-order valence-corrected chi connectivity index (χ3v) is 3.49. The number of amides is 1. The normalized spacial score (nSPS) is 11.2. The average Bonchev–Trinajstić information content (AvgIpc) is 2.37. The number of halogens is 1. The third-order valence-electron chi connectivity index (χ3n) is 3.25. The van der Waals surface area contributed by atoms with Crippen molar-refractivity contribution in [3.05, 3.63) is 34.9 Å². The molecule has 0 spiro atoms. The lowest BCUT2D eigenvalue weighted by Crippen LogP contribution is -2.38. The highest BCUT2D eigenvalue weighted by Crippen LogP contribution is 2.23. The standard InChI is InChI=1S/C16H22ClNO3/c1-16(2,11-12-6-5-7-13(17)10-12)15(21)18-9-4-3-8-14(19)20/h5-7,10H,3-4,8-9,11H2,1-2H3,(H,18,21)(H,19,20). The highest BCUT2D eigenvalue weighted by atomic mass is 35.5. The number of carbonyl (C=O) groups excluding carboxylic acids is 1. The summed E-state index contributed by atoms with van der Waals surface area (Å²) in [4.78, 5) is 22.6. The van der Waals surface area contributed by atoms with E-state index >= 15 is 0 Å². The van der Waals surface area contributed by atoms with E-state index in [0.29, 0.717) is 30.8 Å². The molecule has 0 unspecified atom stereocenters. The van der Waals surface area contributed by atoms with E-state index in [1.165, 1.54) is 0 Å². The number of aliphatic carboxylic acids is 1. The molecule has 0 aliphatic heterocycles. The minimum absolute atomic E-state index is 0.0298. The Hall–Kier alpha value is -1.55. The van der Waals surface area contributed by atoms with Gasteiger partial charge in [0.15, 0.2) is 0 Å². The predicted octanol–water partition coefficient (Wildman–Crippen LogP) is 3.28. The molecular formula is C16H22ClNO3. The summed E-state index contributed by atoms with van der Waals surface area (Å²) in [7, 11) is 0. The van der Waals surface area contributed by atoms with Gasteiger partial charge in [0, 0.05) is 23.4 Å². The molecule has 4 nitrogen and oxygen atoms in total. The molecule has 1 aromatic carbocycles. The summed E-state index contributed by atoms with van der Waals surface area (Å²) in [5.74, 6) is -0.833. The second kappa shape index (κ2) is 8.03. The first kappa shape index (κ1) is 17.5. The molecule has 5 heteroatoms. The summed E-state index contributed by atoms with van der Waals surface area (Å²) >= 11 is 5.95. The van der Waals surface area contributed by atoms with Gasteiger partial charge in [0.2, 0.25) is 5.91 Å². The zero-order chi connectivity index (χ0) is 15.9. The number of carboxylic acids is 1. The first-order valence-corrected chi connectivity index (χ1v) is 7.43. The van der Waals surface area contributed by atoms with Crippen LogP contribution in [0.1, 0.15) is 38.7 Å². The number of carboxylic acid groups (broad SMARTS) is 1. The van der Waals surface area contributed by atoms with E-state index in [9.17, 15) is 9.59 Å². The highest BCUT2D eigenvalue weighted by Gasteiger charge is 2.27. The SMILES string of the molecule is CC(C)(Cc1cccc(Cl)c1)C(=O)NCCCCC(=O)O. The Morgan fingerprint density at radius 2 is 2.00 bits per heavy atom. The zero-order valence-corrected chi connectivity index (χ0v) is 13.2. The molecule has 0 aliphatic rings. The second-order valence-corrected chi connectivity index (χ2v) is 6.23. The van der Waals surface area contributed by atoms with Crippen molar-refractivity contribution in [2.24, 2.45) is 5.41 Å². The Balaban J connectivity index is 2.42. The minimum atomic E-state index is -0.803. The molecule has 116 valence electrons. The molecular weight excluding hydrogens is 290 g/mol. The van der Waals surface area contributed by atoms with Crippen molar-refractivity contribution in [3.8, 4) is 0 Å². The number of benzene rings is 1. The Bertz CT molecular complexity index is 500. The van der Waals surface area contributed by atoms with E-state index in [1.54, 1.807) is 6.07 Å². The van der Waals surface area contributed by atoms with E-state index < -0.39 is 11.4 Å². The van der Waals surface area contributed by atoms with Gasteiger partial charge in [-0.2, -0.15) is 0 Å². The maximum absolute atomic E-state index is 12.2. The lowest BCUT2D eigenvalue weighted by Gasteiger charge is -2.23. The molecule has 2 N–H and O–H groups in total. The summed E-state index contributed by atoms with van der Waals surface area (Å²) in [6.45, 7) is 4.28. The molecule has 0 radical (unpaired) electrons. The van der Waals surface area contributed by atoms with E-state index in [2.05, 4.69) is 5.32 Å². The lowest BCUT2D eigenvalue weighted by atomic mass is 9.85. The molecule has 0 aliphatic carbocycles. The Morgan fingerprint density at radius 1 is 1.29 bits per heavy atom. The smallest absolute Gasteiger partial charge is 0.303 e. The fraction of sp³-hybridized carbons (Fsp3) is 0.500. The first-order chi connectivity index (χ1) is 9.81. The Labute approximate surface area is 130 Å². The van der Waals surface area contributed by atoms with Gasteiger partial charge in [0.05, 0.1) is 0 Å². The van der Waals surface area contributed by atoms with E-state index in [-0.39, 0.29) is 12.3 Å². The van der Waals surface area contributed by atoms with Gasteiger partial charge in [-0.15, -0.1) is 0 Å². The van der Waals surface area contributed by atoms with Crippen molar-refractivity contribution in [1.29, 1.82) is 0 Å². The second-order valence-electron chi connectivity index (χ2n) is 5.80. The molecule has 21 heavy (non-hydrogen) atoms. The van der Waals surface area contributed by atoms with Crippen LogP contribution in [0.15, 0.2) is 24.3 Å². The number of carbonyl (C=O) groups is 2. The number of unbranched alkanes of at least 4 members (excludes halogenated alkanes) is 1. The van der Waals surface area contributed by atoms with Gasteiger partial charge in [0.25, 0.3) is 0 Å². The van der Waals surface area contributed by atoms with Crippen LogP contribution in [-0.2, 0) is 16.0 Å². The van der Waals surface area contributed by atoms with Crippen LogP contribution in [0.3, 0.4) is 0 Å². The Kier molecular flexibility index (Phi) is 6.69. The molecule has 0 aromatic heterocycles. The molecule has 0 bridgehead atoms. The van der Waals surface area contributed by atoms with Crippen LogP contribution in [0.5, 0.6) is 0 Å². The largest absolute Gasteiger partial charge is 0.481 e. The van der Waals surface area contributed by atoms with E-state index in [4.69, 9.17) is 16.7 Å². The van der Waals surface area contributed by atoms with Crippen LogP contribution in [-0.4, -0.2) is 23.5 Å². The molecule has 0 saturated heterocycles. The first-order valence-electron chi connectivity index (χ1n) is 7.06. The van der Waals surface area contributed by atoms with Gasteiger partial charge < -0.3 is 10.4 Å². The Morgan fingerprint density at radius 3 is 2.62 bits per heavy atom. The summed E-state index contributed by atoms with van der Waals surface area (Å²) in [5.41, 5.74) is 0.492. The van der Waals surface area contributed by atoms with Gasteiger partial charge in [-0.25, -0.2) is 0 Å². The van der Waals surface area contributed by atoms with Crippen LogP contribution in [0.25, 0.3) is 0 Å². The van der Waals surface area contributed by atoms with Gasteiger partial charge in [-0.1, -0.05) is 37.6 Å². The highest BCUT2D eigenvalue weighted by molar-refractivity contribution is 6.30. The lowest BCUT2D eigenvalue weighted by molar-refractivity contribution is -0.137. The average molecular weight is 312 g/mol. The van der Waals surface area contributed by atoms with Crippen molar-refractivity contribution in [1.82, 2.24) is 5.32 Å².